The van der Waals surface area contributed by atoms with Gasteiger partial charge < -0.3 is 0 Å². The molecule has 17 heavy (non-hydrogen) atoms. The van der Waals surface area contributed by atoms with Gasteiger partial charge in [-0.3, -0.25) is 0 Å². The van der Waals surface area contributed by atoms with Crippen LogP contribution in [0.1, 0.15) is 16.4 Å². The van der Waals surface area contributed by atoms with Crippen molar-refractivity contribution in [1.29, 1.82) is 0 Å². The average molecular weight is 243 g/mol. The van der Waals surface area contributed by atoms with Crippen molar-refractivity contribution in [3.8, 4) is 0 Å². The van der Waals surface area contributed by atoms with Crippen molar-refractivity contribution in [2.75, 3.05) is 12.5 Å². The van der Waals surface area contributed by atoms with E-state index in [2.05, 4.69) is 73.2 Å². The highest BCUT2D eigenvalue weighted by atomic mass is 32.2. The minimum absolute atomic E-state index is 0.395. The summed E-state index contributed by atoms with van der Waals surface area (Å²) in [4.78, 5) is 0. The van der Waals surface area contributed by atoms with E-state index in [4.69, 9.17) is 0 Å². The molecule has 0 fully saturated rings. The Morgan fingerprint density at radius 3 is 1.88 bits per heavy atom. The Morgan fingerprint density at radius 2 is 1.35 bits per heavy atom. The fourth-order valence-electron chi connectivity index (χ4n) is 2.05. The molecule has 0 aromatic heterocycles. The zero-order chi connectivity index (χ0) is 12.1. The second kappa shape index (κ2) is 5.92. The van der Waals surface area contributed by atoms with Crippen LogP contribution in [0.4, 0.5) is 0 Å². The molecule has 0 radical (unpaired) electrons. The molecule has 2 aromatic rings. The van der Waals surface area contributed by atoms with Gasteiger partial charge in [-0.25, -0.2) is 0 Å². The summed E-state index contributed by atoms with van der Waals surface area (Å²) in [6.07, 6.45) is 5.81. The lowest BCUT2D eigenvalue weighted by molar-refractivity contribution is 0.926. The Balaban J connectivity index is 2.20. The van der Waals surface area contributed by atoms with E-state index in [-0.39, 0.29) is 0 Å². The molecule has 88 valence electrons. The van der Waals surface area contributed by atoms with Gasteiger partial charge in [0, 0.05) is 12.0 Å². The van der Waals surface area contributed by atoms with Crippen LogP contribution in [0, 0.1) is 0 Å². The first-order chi connectivity index (χ1) is 8.27. The second-order valence-corrected chi connectivity index (χ2v) is 6.80. The number of rotatable bonds is 4. The number of benzene rings is 2. The van der Waals surface area contributed by atoms with Crippen LogP contribution in [-0.2, 0) is 17.3 Å². The third-order valence-electron chi connectivity index (χ3n) is 3.00. The quantitative estimate of drug-likeness (QED) is 0.716. The normalized spacial score (nSPS) is 12.6. The van der Waals surface area contributed by atoms with E-state index in [0.717, 1.165) is 6.42 Å². The highest BCUT2D eigenvalue weighted by Crippen LogP contribution is 2.26. The monoisotopic (exact) mass is 243 g/mol. The van der Waals surface area contributed by atoms with Crippen LogP contribution in [0.25, 0.3) is 0 Å². The predicted octanol–water partition coefficient (Wildman–Crippen LogP) is 3.85. The molecule has 0 aliphatic rings. The maximum absolute atomic E-state index is 2.33. The molecule has 0 aliphatic heterocycles. The molecule has 0 nitrogen and oxygen atoms in total. The minimum atomic E-state index is 0.395. The molecule has 0 aliphatic carbocycles. The summed E-state index contributed by atoms with van der Waals surface area (Å²) in [6.45, 7) is 0. The average Bonchev–Trinajstić information content (AvgIpc) is 2.38. The molecule has 0 N–H and O–H groups in total. The summed E-state index contributed by atoms with van der Waals surface area (Å²) in [5.74, 6) is 0. The Kier molecular flexibility index (Phi) is 4.27. The molecule has 0 saturated heterocycles. The van der Waals surface area contributed by atoms with E-state index < -0.39 is 0 Å². The van der Waals surface area contributed by atoms with Crippen molar-refractivity contribution in [2.24, 2.45) is 0 Å². The number of hydrogen-bond acceptors (Lipinski definition) is 0. The van der Waals surface area contributed by atoms with Gasteiger partial charge in [-0.1, -0.05) is 60.7 Å². The highest BCUT2D eigenvalue weighted by molar-refractivity contribution is 7.95. The first-order valence-electron chi connectivity index (χ1n) is 5.92. The van der Waals surface area contributed by atoms with Crippen molar-refractivity contribution in [1.82, 2.24) is 0 Å². The van der Waals surface area contributed by atoms with Crippen molar-refractivity contribution in [2.45, 2.75) is 11.7 Å². The van der Waals surface area contributed by atoms with Crippen LogP contribution in [0.15, 0.2) is 60.7 Å². The summed E-state index contributed by atoms with van der Waals surface area (Å²) >= 11 is 0. The van der Waals surface area contributed by atoms with Gasteiger partial charge in [0.1, 0.15) is 5.25 Å². The molecule has 2 aromatic carbocycles. The lowest BCUT2D eigenvalue weighted by atomic mass is 10.0. The van der Waals surface area contributed by atoms with Crippen LogP contribution in [0.2, 0.25) is 0 Å². The highest BCUT2D eigenvalue weighted by Gasteiger charge is 2.23. The second-order valence-electron chi connectivity index (χ2n) is 4.47. The summed E-state index contributed by atoms with van der Waals surface area (Å²) in [5, 5.41) is 0.638. The Hall–Kier alpha value is -1.21. The first kappa shape index (κ1) is 12.3. The Bertz CT molecular complexity index is 434. The zero-order valence-corrected chi connectivity index (χ0v) is 11.3. The molecule has 1 atom stereocenters. The Labute approximate surface area is 107 Å². The van der Waals surface area contributed by atoms with Crippen molar-refractivity contribution >= 4 is 10.9 Å². The van der Waals surface area contributed by atoms with Gasteiger partial charge in [-0.2, -0.15) is 0 Å². The topological polar surface area (TPSA) is 0 Å². The summed E-state index contributed by atoms with van der Waals surface area (Å²) < 4.78 is 0. The van der Waals surface area contributed by atoms with E-state index in [1.165, 1.54) is 11.1 Å². The molecule has 2 rings (SSSR count). The van der Waals surface area contributed by atoms with Gasteiger partial charge in [0.2, 0.25) is 0 Å². The van der Waals surface area contributed by atoms with Gasteiger partial charge >= 0.3 is 0 Å². The Morgan fingerprint density at radius 1 is 0.824 bits per heavy atom. The van der Waals surface area contributed by atoms with Crippen molar-refractivity contribution in [3.63, 3.8) is 0 Å². The third kappa shape index (κ3) is 3.37. The van der Waals surface area contributed by atoms with E-state index >= 15 is 0 Å². The summed E-state index contributed by atoms with van der Waals surface area (Å²) in [6, 6.07) is 21.7. The van der Waals surface area contributed by atoms with E-state index in [9.17, 15) is 0 Å². The van der Waals surface area contributed by atoms with Crippen molar-refractivity contribution in [3.05, 3.63) is 71.8 Å². The lowest BCUT2D eigenvalue weighted by Gasteiger charge is -2.14. The smallest absolute Gasteiger partial charge is 0.0622 e. The molecule has 0 saturated carbocycles. The van der Waals surface area contributed by atoms with Crippen LogP contribution < -0.4 is 0 Å². The molecule has 1 heteroatoms. The third-order valence-corrected chi connectivity index (χ3v) is 4.58. The molecular formula is C16H19S+. The molecule has 1 unspecified atom stereocenters. The molecule has 0 spiro atoms. The molecule has 0 bridgehead atoms. The molecule has 0 heterocycles. The van der Waals surface area contributed by atoms with Crippen LogP contribution in [0.5, 0.6) is 0 Å². The first-order valence-corrected chi connectivity index (χ1v) is 8.03. The summed E-state index contributed by atoms with van der Waals surface area (Å²) in [7, 11) is 0.395. The van der Waals surface area contributed by atoms with Crippen LogP contribution in [-0.4, -0.2) is 12.5 Å². The maximum atomic E-state index is 2.33. The van der Waals surface area contributed by atoms with E-state index in [1.54, 1.807) is 0 Å². The molecular weight excluding hydrogens is 224 g/mol. The minimum Gasteiger partial charge on any atom is -0.0622 e. The van der Waals surface area contributed by atoms with Gasteiger partial charge in [-0.15, -0.1) is 0 Å². The zero-order valence-electron chi connectivity index (χ0n) is 10.5. The lowest BCUT2D eigenvalue weighted by Crippen LogP contribution is -2.13. The maximum Gasteiger partial charge on any atom is 0.146 e. The number of hydrogen-bond donors (Lipinski definition) is 0. The van der Waals surface area contributed by atoms with Crippen LogP contribution in [0.3, 0.4) is 0 Å². The van der Waals surface area contributed by atoms with Gasteiger partial charge in [0.25, 0.3) is 0 Å². The fourth-order valence-corrected chi connectivity index (χ4v) is 3.28. The fraction of sp³-hybridized carbons (Fsp3) is 0.250. The molecule has 0 amide bonds. The van der Waals surface area contributed by atoms with Gasteiger partial charge in [0.15, 0.2) is 0 Å². The van der Waals surface area contributed by atoms with E-state index in [0.29, 0.717) is 16.1 Å². The predicted molar refractivity (Wildman–Crippen MR) is 78.5 cm³/mol. The summed E-state index contributed by atoms with van der Waals surface area (Å²) in [5.41, 5.74) is 2.90. The standard InChI is InChI=1S/C16H19S/c1-17(2)16(15-11-7-4-8-12-15)13-14-9-5-3-6-10-14/h3-12,16H,13H2,1-2H3/q+1. The van der Waals surface area contributed by atoms with Gasteiger partial charge in [-0.05, 0) is 16.5 Å². The SMILES string of the molecule is C[S+](C)C(Cc1ccccc1)c1ccccc1. The van der Waals surface area contributed by atoms with Crippen molar-refractivity contribution < 1.29 is 0 Å². The van der Waals surface area contributed by atoms with Crippen LogP contribution >= 0.6 is 0 Å². The van der Waals surface area contributed by atoms with E-state index in [1.807, 2.05) is 0 Å². The van der Waals surface area contributed by atoms with Gasteiger partial charge in [0.05, 0.1) is 12.5 Å². The largest absolute Gasteiger partial charge is 0.146 e.